The van der Waals surface area contributed by atoms with Gasteiger partial charge in [0.1, 0.15) is 0 Å². The molecule has 0 N–H and O–H groups in total. The van der Waals surface area contributed by atoms with E-state index in [9.17, 15) is 8.78 Å². The zero-order valence-corrected chi connectivity index (χ0v) is 6.80. The number of hydrogen-bond acceptors (Lipinski definition) is 1. The zero-order chi connectivity index (χ0) is 8.97. The highest BCUT2D eigenvalue weighted by Crippen LogP contribution is 2.26. The van der Waals surface area contributed by atoms with Gasteiger partial charge >= 0.3 is 6.61 Å². The molecular formula is C9H12F2O. The van der Waals surface area contributed by atoms with Crippen molar-refractivity contribution >= 4 is 0 Å². The SMILES string of the molecule is C#CC1CCC(OC(F)F)CC1. The number of alkyl halides is 2. The molecular weight excluding hydrogens is 162 g/mol. The molecule has 0 radical (unpaired) electrons. The summed E-state index contributed by atoms with van der Waals surface area (Å²) in [6, 6.07) is 0. The van der Waals surface area contributed by atoms with Crippen LogP contribution in [0.4, 0.5) is 8.78 Å². The van der Waals surface area contributed by atoms with Gasteiger partial charge < -0.3 is 4.74 Å². The van der Waals surface area contributed by atoms with Crippen LogP contribution in [0.3, 0.4) is 0 Å². The highest BCUT2D eigenvalue weighted by molar-refractivity contribution is 4.95. The van der Waals surface area contributed by atoms with E-state index < -0.39 is 6.61 Å². The minimum Gasteiger partial charge on any atom is -0.320 e. The standard InChI is InChI=1S/C9H12F2O/c1-2-7-3-5-8(6-4-7)12-9(10)11/h1,7-9H,3-6H2. The van der Waals surface area contributed by atoms with Gasteiger partial charge in [0.25, 0.3) is 0 Å². The van der Waals surface area contributed by atoms with Gasteiger partial charge in [0.05, 0.1) is 6.10 Å². The Labute approximate surface area is 71.1 Å². The average molecular weight is 174 g/mol. The van der Waals surface area contributed by atoms with Gasteiger partial charge in [0.2, 0.25) is 0 Å². The monoisotopic (exact) mass is 174 g/mol. The number of terminal acetylenes is 1. The molecule has 1 rings (SSSR count). The third kappa shape index (κ3) is 2.78. The van der Waals surface area contributed by atoms with Crippen molar-refractivity contribution in [3.05, 3.63) is 0 Å². The summed E-state index contributed by atoms with van der Waals surface area (Å²) in [5.41, 5.74) is 0. The first kappa shape index (κ1) is 9.47. The molecule has 68 valence electrons. The predicted molar refractivity (Wildman–Crippen MR) is 41.7 cm³/mol. The maximum atomic E-state index is 11.7. The van der Waals surface area contributed by atoms with Gasteiger partial charge in [-0.05, 0) is 25.7 Å². The summed E-state index contributed by atoms with van der Waals surface area (Å²) in [6.07, 6.45) is 7.89. The summed E-state index contributed by atoms with van der Waals surface area (Å²) >= 11 is 0. The molecule has 1 aliphatic rings. The fourth-order valence-corrected chi connectivity index (χ4v) is 1.51. The van der Waals surface area contributed by atoms with Crippen molar-refractivity contribution in [3.8, 4) is 12.3 Å². The molecule has 0 amide bonds. The van der Waals surface area contributed by atoms with E-state index in [1.807, 2.05) is 0 Å². The summed E-state index contributed by atoms with van der Waals surface area (Å²) in [5, 5.41) is 0. The van der Waals surface area contributed by atoms with Crippen LogP contribution in [0.1, 0.15) is 25.7 Å². The van der Waals surface area contributed by atoms with Crippen molar-refractivity contribution in [1.29, 1.82) is 0 Å². The quantitative estimate of drug-likeness (QED) is 0.584. The van der Waals surface area contributed by atoms with Crippen LogP contribution in [0.15, 0.2) is 0 Å². The summed E-state index contributed by atoms with van der Waals surface area (Å²) in [5.74, 6) is 2.90. The van der Waals surface area contributed by atoms with E-state index in [4.69, 9.17) is 6.42 Å². The highest BCUT2D eigenvalue weighted by atomic mass is 19.3. The third-order valence-corrected chi connectivity index (χ3v) is 2.21. The summed E-state index contributed by atoms with van der Waals surface area (Å²) < 4.78 is 27.9. The molecule has 1 nitrogen and oxygen atoms in total. The molecule has 3 heteroatoms. The van der Waals surface area contributed by atoms with Crippen LogP contribution in [-0.4, -0.2) is 12.7 Å². The second-order valence-electron chi connectivity index (χ2n) is 3.04. The third-order valence-electron chi connectivity index (χ3n) is 2.21. The Morgan fingerprint density at radius 2 is 1.83 bits per heavy atom. The van der Waals surface area contributed by atoms with Gasteiger partial charge in [-0.3, -0.25) is 0 Å². The smallest absolute Gasteiger partial charge is 0.320 e. The van der Waals surface area contributed by atoms with Crippen molar-refractivity contribution in [2.75, 3.05) is 0 Å². The van der Waals surface area contributed by atoms with Gasteiger partial charge in [-0.15, -0.1) is 12.3 Å². The molecule has 0 unspecified atom stereocenters. The van der Waals surface area contributed by atoms with Crippen LogP contribution in [0.25, 0.3) is 0 Å². The van der Waals surface area contributed by atoms with Crippen LogP contribution in [0, 0.1) is 18.3 Å². The molecule has 0 atom stereocenters. The normalized spacial score (nSPS) is 30.2. The van der Waals surface area contributed by atoms with Crippen LogP contribution in [0.2, 0.25) is 0 Å². The summed E-state index contributed by atoms with van der Waals surface area (Å²) in [6.45, 7) is -2.64. The molecule has 1 saturated carbocycles. The number of rotatable bonds is 2. The lowest BCUT2D eigenvalue weighted by Gasteiger charge is -2.25. The minimum absolute atomic E-state index is 0.266. The molecule has 0 bridgehead atoms. The van der Waals surface area contributed by atoms with E-state index in [-0.39, 0.29) is 12.0 Å². The zero-order valence-electron chi connectivity index (χ0n) is 6.80. The van der Waals surface area contributed by atoms with E-state index in [0.29, 0.717) is 12.8 Å². The van der Waals surface area contributed by atoms with Gasteiger partial charge in [0, 0.05) is 5.92 Å². The Bertz CT molecular complexity index is 166. The van der Waals surface area contributed by atoms with E-state index >= 15 is 0 Å². The second-order valence-corrected chi connectivity index (χ2v) is 3.04. The van der Waals surface area contributed by atoms with E-state index in [2.05, 4.69) is 10.7 Å². The van der Waals surface area contributed by atoms with Crippen LogP contribution >= 0.6 is 0 Å². The molecule has 12 heavy (non-hydrogen) atoms. The molecule has 0 aromatic heterocycles. The largest absolute Gasteiger partial charge is 0.345 e. The maximum Gasteiger partial charge on any atom is 0.345 e. The lowest BCUT2D eigenvalue weighted by molar-refractivity contribution is -0.170. The van der Waals surface area contributed by atoms with Gasteiger partial charge in [-0.1, -0.05) is 0 Å². The fourth-order valence-electron chi connectivity index (χ4n) is 1.51. The van der Waals surface area contributed by atoms with Crippen molar-refractivity contribution < 1.29 is 13.5 Å². The van der Waals surface area contributed by atoms with E-state index in [1.165, 1.54) is 0 Å². The molecule has 1 aliphatic carbocycles. The maximum absolute atomic E-state index is 11.7. The molecule has 0 aromatic carbocycles. The Hall–Kier alpha value is -0.620. The fraction of sp³-hybridized carbons (Fsp3) is 0.778. The molecule has 1 fully saturated rings. The van der Waals surface area contributed by atoms with Crippen molar-refractivity contribution in [3.63, 3.8) is 0 Å². The van der Waals surface area contributed by atoms with Crippen molar-refractivity contribution in [1.82, 2.24) is 0 Å². The lowest BCUT2D eigenvalue weighted by Crippen LogP contribution is -2.22. The van der Waals surface area contributed by atoms with Crippen LogP contribution < -0.4 is 0 Å². The van der Waals surface area contributed by atoms with Crippen molar-refractivity contribution in [2.45, 2.75) is 38.4 Å². The second kappa shape index (κ2) is 4.42. The molecule has 0 aromatic rings. The topological polar surface area (TPSA) is 9.23 Å². The first-order chi connectivity index (χ1) is 5.72. The van der Waals surface area contributed by atoms with Crippen LogP contribution in [-0.2, 0) is 4.74 Å². The van der Waals surface area contributed by atoms with Gasteiger partial charge in [-0.25, -0.2) is 0 Å². The Kier molecular flexibility index (Phi) is 3.48. The molecule has 0 aliphatic heterocycles. The number of halogens is 2. The Morgan fingerprint density at radius 1 is 1.25 bits per heavy atom. The first-order valence-electron chi connectivity index (χ1n) is 4.12. The number of ether oxygens (including phenoxy) is 1. The Balaban J connectivity index is 2.23. The Morgan fingerprint density at radius 3 is 2.25 bits per heavy atom. The first-order valence-corrected chi connectivity index (χ1v) is 4.12. The molecule has 0 spiro atoms. The lowest BCUT2D eigenvalue weighted by atomic mass is 9.88. The predicted octanol–water partition coefficient (Wildman–Crippen LogP) is 2.42. The van der Waals surface area contributed by atoms with E-state index in [0.717, 1.165) is 12.8 Å². The minimum atomic E-state index is -2.64. The average Bonchev–Trinajstić information content (AvgIpc) is 2.05. The van der Waals surface area contributed by atoms with Gasteiger partial charge in [-0.2, -0.15) is 8.78 Å². The van der Waals surface area contributed by atoms with Crippen molar-refractivity contribution in [2.24, 2.45) is 5.92 Å². The summed E-state index contributed by atoms with van der Waals surface area (Å²) in [7, 11) is 0. The number of hydrogen-bond donors (Lipinski definition) is 0. The molecule has 0 heterocycles. The van der Waals surface area contributed by atoms with Gasteiger partial charge in [0.15, 0.2) is 0 Å². The highest BCUT2D eigenvalue weighted by Gasteiger charge is 2.22. The molecule has 0 saturated heterocycles. The van der Waals surface area contributed by atoms with Crippen LogP contribution in [0.5, 0.6) is 0 Å². The van der Waals surface area contributed by atoms with E-state index in [1.54, 1.807) is 0 Å². The summed E-state index contributed by atoms with van der Waals surface area (Å²) in [4.78, 5) is 0.